The summed E-state index contributed by atoms with van der Waals surface area (Å²) in [4.78, 5) is 0. The van der Waals surface area contributed by atoms with Gasteiger partial charge in [0.2, 0.25) is 0 Å². The highest BCUT2D eigenvalue weighted by Gasteiger charge is 2.05. The fraction of sp³-hybridized carbons (Fsp3) is 0.0588. The van der Waals surface area contributed by atoms with Crippen LogP contribution >= 0.6 is 58.6 Å². The van der Waals surface area contributed by atoms with E-state index in [0.717, 1.165) is 11.3 Å². The maximum Gasteiger partial charge on any atom is 0.175 e. The van der Waals surface area contributed by atoms with Gasteiger partial charge in [0.05, 0.1) is 28.5 Å². The second kappa shape index (κ2) is 8.46. The van der Waals surface area contributed by atoms with Crippen LogP contribution in [0.2, 0.25) is 20.1 Å². The van der Waals surface area contributed by atoms with Crippen LogP contribution in [0.15, 0.2) is 48.8 Å². The molecule has 1 aromatic heterocycles. The third-order valence-electron chi connectivity index (χ3n) is 3.34. The molecule has 2 aromatic carbocycles. The Labute approximate surface area is 176 Å². The van der Waals surface area contributed by atoms with Crippen molar-refractivity contribution in [3.63, 3.8) is 0 Å². The van der Waals surface area contributed by atoms with Crippen molar-refractivity contribution in [1.29, 1.82) is 0 Å². The van der Waals surface area contributed by atoms with Crippen LogP contribution in [0.4, 0.5) is 11.4 Å². The van der Waals surface area contributed by atoms with Gasteiger partial charge in [-0.1, -0.05) is 52.5 Å². The van der Waals surface area contributed by atoms with E-state index in [-0.39, 0.29) is 0 Å². The Kier molecular flexibility index (Phi) is 6.27. The molecule has 9 heteroatoms. The molecular weight excluding hydrogens is 434 g/mol. The van der Waals surface area contributed by atoms with E-state index in [1.807, 2.05) is 18.3 Å². The molecular formula is C17H12Cl4N4S. The van der Waals surface area contributed by atoms with Crippen molar-refractivity contribution in [2.75, 3.05) is 10.6 Å². The third kappa shape index (κ3) is 5.25. The second-order valence-corrected chi connectivity index (χ2v) is 7.51. The first kappa shape index (κ1) is 19.3. The molecule has 0 aliphatic heterocycles. The molecule has 0 spiro atoms. The van der Waals surface area contributed by atoms with Gasteiger partial charge < -0.3 is 10.6 Å². The zero-order valence-electron chi connectivity index (χ0n) is 13.1. The Morgan fingerprint density at radius 1 is 0.923 bits per heavy atom. The molecule has 3 aromatic rings. The van der Waals surface area contributed by atoms with Crippen LogP contribution < -0.4 is 10.6 Å². The minimum absolute atomic E-state index is 0.400. The summed E-state index contributed by atoms with van der Waals surface area (Å²) in [7, 11) is 0. The summed E-state index contributed by atoms with van der Waals surface area (Å²) in [5, 5.41) is 12.9. The largest absolute Gasteiger partial charge is 0.332 e. The fourth-order valence-electron chi connectivity index (χ4n) is 2.26. The van der Waals surface area contributed by atoms with Crippen molar-refractivity contribution in [2.45, 2.75) is 6.54 Å². The zero-order valence-corrected chi connectivity index (χ0v) is 17.0. The van der Waals surface area contributed by atoms with Crippen molar-refractivity contribution in [2.24, 2.45) is 0 Å². The molecule has 0 unspecified atom stereocenters. The Hall–Kier alpha value is -1.50. The normalized spacial score (nSPS) is 10.6. The van der Waals surface area contributed by atoms with E-state index in [1.54, 1.807) is 35.1 Å². The van der Waals surface area contributed by atoms with E-state index in [0.29, 0.717) is 37.4 Å². The number of thiocarbonyl (C=S) groups is 1. The monoisotopic (exact) mass is 444 g/mol. The highest BCUT2D eigenvalue weighted by atomic mass is 35.5. The van der Waals surface area contributed by atoms with Crippen LogP contribution in [0.1, 0.15) is 5.56 Å². The standard InChI is InChI=1S/C17H12Cl4N4S/c18-11-4-12(19)6-13(5-11)23-17(26)24-14-7-22-25(9-14)8-10-1-2-15(20)16(21)3-10/h1-7,9H,8H2,(H2,23,24,26). The summed E-state index contributed by atoms with van der Waals surface area (Å²) in [5.41, 5.74) is 2.43. The summed E-state index contributed by atoms with van der Waals surface area (Å²) >= 11 is 29.2. The topological polar surface area (TPSA) is 41.9 Å². The maximum atomic E-state index is 6.04. The van der Waals surface area contributed by atoms with Crippen LogP contribution in [0.25, 0.3) is 0 Å². The molecule has 0 aliphatic carbocycles. The molecule has 0 saturated carbocycles. The number of rotatable bonds is 4. The van der Waals surface area contributed by atoms with E-state index in [4.69, 9.17) is 58.6 Å². The smallest absolute Gasteiger partial charge is 0.175 e. The highest BCUT2D eigenvalue weighted by molar-refractivity contribution is 7.80. The van der Waals surface area contributed by atoms with E-state index in [1.165, 1.54) is 0 Å². The number of nitrogens with one attached hydrogen (secondary N) is 2. The van der Waals surface area contributed by atoms with Crippen LogP contribution in [0.3, 0.4) is 0 Å². The number of aromatic nitrogens is 2. The van der Waals surface area contributed by atoms with Gasteiger partial charge in [0.25, 0.3) is 0 Å². The van der Waals surface area contributed by atoms with Gasteiger partial charge in [0.15, 0.2) is 5.11 Å². The van der Waals surface area contributed by atoms with Crippen molar-refractivity contribution < 1.29 is 0 Å². The second-order valence-electron chi connectivity index (χ2n) is 5.41. The number of hydrogen-bond donors (Lipinski definition) is 2. The van der Waals surface area contributed by atoms with Crippen molar-refractivity contribution in [3.8, 4) is 0 Å². The first-order valence-electron chi connectivity index (χ1n) is 7.39. The van der Waals surface area contributed by atoms with Gasteiger partial charge >= 0.3 is 0 Å². The van der Waals surface area contributed by atoms with E-state index >= 15 is 0 Å². The quantitative estimate of drug-likeness (QED) is 0.458. The molecule has 3 rings (SSSR count). The van der Waals surface area contributed by atoms with E-state index in [9.17, 15) is 0 Å². The average molecular weight is 446 g/mol. The lowest BCUT2D eigenvalue weighted by atomic mass is 10.2. The predicted molar refractivity (Wildman–Crippen MR) is 114 cm³/mol. The minimum Gasteiger partial charge on any atom is -0.332 e. The first-order valence-corrected chi connectivity index (χ1v) is 9.31. The molecule has 0 amide bonds. The summed E-state index contributed by atoms with van der Waals surface area (Å²) in [6, 6.07) is 10.6. The van der Waals surface area contributed by atoms with E-state index in [2.05, 4.69) is 15.7 Å². The lowest BCUT2D eigenvalue weighted by Crippen LogP contribution is -2.18. The van der Waals surface area contributed by atoms with Gasteiger partial charge in [-0.25, -0.2) is 0 Å². The van der Waals surface area contributed by atoms with Crippen molar-refractivity contribution >= 4 is 75.1 Å². The molecule has 0 aliphatic rings. The molecule has 134 valence electrons. The summed E-state index contributed by atoms with van der Waals surface area (Å²) < 4.78 is 1.76. The molecule has 26 heavy (non-hydrogen) atoms. The Balaban J connectivity index is 1.62. The molecule has 2 N–H and O–H groups in total. The molecule has 0 bridgehead atoms. The molecule has 0 saturated heterocycles. The SMILES string of the molecule is S=C(Nc1cc(Cl)cc(Cl)c1)Nc1cnn(Cc2ccc(Cl)c(Cl)c2)c1. The Morgan fingerprint density at radius 2 is 1.62 bits per heavy atom. The number of hydrogen-bond acceptors (Lipinski definition) is 2. The van der Waals surface area contributed by atoms with Gasteiger partial charge in [-0.05, 0) is 48.1 Å². The minimum atomic E-state index is 0.400. The number of halogens is 4. The van der Waals surface area contributed by atoms with Gasteiger partial charge in [-0.3, -0.25) is 4.68 Å². The lowest BCUT2D eigenvalue weighted by Gasteiger charge is -2.09. The van der Waals surface area contributed by atoms with Gasteiger partial charge in [0, 0.05) is 21.9 Å². The van der Waals surface area contributed by atoms with Crippen LogP contribution in [0.5, 0.6) is 0 Å². The van der Waals surface area contributed by atoms with E-state index < -0.39 is 0 Å². The van der Waals surface area contributed by atoms with Crippen molar-refractivity contribution in [1.82, 2.24) is 9.78 Å². The summed E-state index contributed by atoms with van der Waals surface area (Å²) in [6.45, 7) is 0.558. The van der Waals surface area contributed by atoms with Gasteiger partial charge in [-0.2, -0.15) is 5.10 Å². The first-order chi connectivity index (χ1) is 12.4. The third-order valence-corrected chi connectivity index (χ3v) is 4.72. The zero-order chi connectivity index (χ0) is 18.7. The number of benzene rings is 2. The van der Waals surface area contributed by atoms with Crippen LogP contribution in [-0.2, 0) is 6.54 Å². The molecule has 1 heterocycles. The maximum absolute atomic E-state index is 6.04. The highest BCUT2D eigenvalue weighted by Crippen LogP contribution is 2.24. The molecule has 0 fully saturated rings. The predicted octanol–water partition coefficient (Wildman–Crippen LogP) is 6.35. The lowest BCUT2D eigenvalue weighted by molar-refractivity contribution is 0.687. The van der Waals surface area contributed by atoms with Crippen molar-refractivity contribution in [3.05, 3.63) is 74.4 Å². The Bertz CT molecular complexity index is 937. The molecule has 4 nitrogen and oxygen atoms in total. The summed E-state index contributed by atoms with van der Waals surface area (Å²) in [5.74, 6) is 0. The average Bonchev–Trinajstić information content (AvgIpc) is 2.96. The van der Waals surface area contributed by atoms with Gasteiger partial charge in [-0.15, -0.1) is 0 Å². The molecule has 0 radical (unpaired) electrons. The van der Waals surface area contributed by atoms with Gasteiger partial charge in [0.1, 0.15) is 0 Å². The Morgan fingerprint density at radius 3 is 2.31 bits per heavy atom. The number of nitrogens with zero attached hydrogens (tertiary/aromatic N) is 2. The number of anilines is 2. The summed E-state index contributed by atoms with van der Waals surface area (Å²) in [6.07, 6.45) is 3.51. The molecule has 0 atom stereocenters. The van der Waals surface area contributed by atoms with Crippen LogP contribution in [-0.4, -0.2) is 14.9 Å². The fourth-order valence-corrected chi connectivity index (χ4v) is 3.34. The van der Waals surface area contributed by atoms with Crippen LogP contribution in [0, 0.1) is 0 Å².